The monoisotopic (exact) mass is 325 g/mol. The summed E-state index contributed by atoms with van der Waals surface area (Å²) in [6.07, 6.45) is 4.79. The number of para-hydroxylation sites is 1. The average Bonchev–Trinajstić information content (AvgIpc) is 2.61. The SMILES string of the molecule is C=CCNc1cncc(C(=O)Nc2ccccc2C(=O)OCC)c1. The zero-order chi connectivity index (χ0) is 17.4. The lowest BCUT2D eigenvalue weighted by Crippen LogP contribution is -2.16. The normalized spacial score (nSPS) is 9.88. The molecule has 0 atom stereocenters. The van der Waals surface area contributed by atoms with Crippen molar-refractivity contribution in [2.75, 3.05) is 23.8 Å². The van der Waals surface area contributed by atoms with Gasteiger partial charge in [0.05, 0.1) is 29.1 Å². The van der Waals surface area contributed by atoms with Crippen LogP contribution < -0.4 is 10.6 Å². The second-order valence-corrected chi connectivity index (χ2v) is 4.85. The number of pyridine rings is 1. The highest BCUT2D eigenvalue weighted by Crippen LogP contribution is 2.18. The van der Waals surface area contributed by atoms with Gasteiger partial charge in [-0.2, -0.15) is 0 Å². The molecule has 0 fully saturated rings. The summed E-state index contributed by atoms with van der Waals surface area (Å²) in [5.74, 6) is -0.838. The molecule has 6 heteroatoms. The molecule has 1 aromatic heterocycles. The highest BCUT2D eigenvalue weighted by atomic mass is 16.5. The molecule has 6 nitrogen and oxygen atoms in total. The first kappa shape index (κ1) is 17.2. The molecule has 2 N–H and O–H groups in total. The van der Waals surface area contributed by atoms with Crippen molar-refractivity contribution in [2.45, 2.75) is 6.92 Å². The van der Waals surface area contributed by atoms with Gasteiger partial charge < -0.3 is 15.4 Å². The van der Waals surface area contributed by atoms with Gasteiger partial charge in [0.25, 0.3) is 5.91 Å². The highest BCUT2D eigenvalue weighted by molar-refractivity contribution is 6.08. The fraction of sp³-hybridized carbons (Fsp3) is 0.167. The summed E-state index contributed by atoms with van der Waals surface area (Å²) < 4.78 is 5.00. The number of hydrogen-bond donors (Lipinski definition) is 2. The Bertz CT molecular complexity index is 744. The molecule has 24 heavy (non-hydrogen) atoms. The van der Waals surface area contributed by atoms with Gasteiger partial charge in [-0.3, -0.25) is 9.78 Å². The zero-order valence-corrected chi connectivity index (χ0v) is 13.4. The molecule has 0 unspecified atom stereocenters. The third-order valence-electron chi connectivity index (χ3n) is 3.12. The van der Waals surface area contributed by atoms with Gasteiger partial charge in [0.1, 0.15) is 0 Å². The lowest BCUT2D eigenvalue weighted by Gasteiger charge is -2.11. The van der Waals surface area contributed by atoms with Crippen LogP contribution in [0.4, 0.5) is 11.4 Å². The third-order valence-corrected chi connectivity index (χ3v) is 3.12. The number of carbonyl (C=O) groups is 2. The van der Waals surface area contributed by atoms with Crippen LogP contribution >= 0.6 is 0 Å². The van der Waals surface area contributed by atoms with Crippen molar-refractivity contribution in [3.05, 3.63) is 66.5 Å². The minimum absolute atomic E-state index is 0.266. The van der Waals surface area contributed by atoms with Gasteiger partial charge in [0.15, 0.2) is 0 Å². The van der Waals surface area contributed by atoms with Crippen LogP contribution in [0.5, 0.6) is 0 Å². The number of aromatic nitrogens is 1. The fourth-order valence-corrected chi connectivity index (χ4v) is 2.02. The molecule has 0 radical (unpaired) electrons. The summed E-state index contributed by atoms with van der Waals surface area (Å²) in [7, 11) is 0. The second kappa shape index (κ2) is 8.47. The van der Waals surface area contributed by atoms with E-state index in [0.717, 1.165) is 0 Å². The molecule has 0 saturated heterocycles. The molecule has 0 spiro atoms. The van der Waals surface area contributed by atoms with E-state index in [-0.39, 0.29) is 12.5 Å². The molecule has 0 aliphatic heterocycles. The number of hydrogen-bond acceptors (Lipinski definition) is 5. The predicted molar refractivity (Wildman–Crippen MR) is 93.3 cm³/mol. The van der Waals surface area contributed by atoms with Crippen molar-refractivity contribution in [1.82, 2.24) is 4.98 Å². The maximum atomic E-state index is 12.4. The van der Waals surface area contributed by atoms with Crippen LogP contribution in [0.15, 0.2) is 55.4 Å². The van der Waals surface area contributed by atoms with Crippen LogP contribution in [0.1, 0.15) is 27.6 Å². The van der Waals surface area contributed by atoms with E-state index >= 15 is 0 Å². The molecule has 2 rings (SSSR count). The molecule has 1 aromatic carbocycles. The van der Waals surface area contributed by atoms with E-state index in [1.165, 1.54) is 6.20 Å². The zero-order valence-electron chi connectivity index (χ0n) is 13.4. The number of esters is 1. The van der Waals surface area contributed by atoms with Gasteiger partial charge in [0.2, 0.25) is 0 Å². The van der Waals surface area contributed by atoms with Crippen molar-refractivity contribution < 1.29 is 14.3 Å². The van der Waals surface area contributed by atoms with Crippen molar-refractivity contribution >= 4 is 23.3 Å². The first-order valence-electron chi connectivity index (χ1n) is 7.53. The fourth-order valence-electron chi connectivity index (χ4n) is 2.02. The summed E-state index contributed by atoms with van der Waals surface area (Å²) in [6.45, 7) is 6.19. The van der Waals surface area contributed by atoms with Crippen LogP contribution in [-0.2, 0) is 4.74 Å². The molecule has 0 aliphatic rings. The predicted octanol–water partition coefficient (Wildman–Crippen LogP) is 3.11. The Morgan fingerprint density at radius 1 is 1.29 bits per heavy atom. The van der Waals surface area contributed by atoms with Gasteiger partial charge in [-0.1, -0.05) is 18.2 Å². The Morgan fingerprint density at radius 3 is 2.83 bits per heavy atom. The first-order chi connectivity index (χ1) is 11.7. The molecule has 0 bridgehead atoms. The standard InChI is InChI=1S/C18H19N3O3/c1-3-9-20-14-10-13(11-19-12-14)17(22)21-16-8-6-5-7-15(16)18(23)24-4-2/h3,5-8,10-12,20H,1,4,9H2,2H3,(H,21,22). The van der Waals surface area contributed by atoms with Crippen LogP contribution in [0.2, 0.25) is 0 Å². The van der Waals surface area contributed by atoms with Gasteiger partial charge in [-0.15, -0.1) is 6.58 Å². The molecule has 1 amide bonds. The minimum atomic E-state index is -0.479. The molecule has 124 valence electrons. The van der Waals surface area contributed by atoms with Crippen molar-refractivity contribution in [3.63, 3.8) is 0 Å². The molecule has 2 aromatic rings. The van der Waals surface area contributed by atoms with E-state index in [2.05, 4.69) is 22.2 Å². The second-order valence-electron chi connectivity index (χ2n) is 4.85. The van der Waals surface area contributed by atoms with Crippen molar-refractivity contribution in [3.8, 4) is 0 Å². The quantitative estimate of drug-likeness (QED) is 0.604. The Morgan fingerprint density at radius 2 is 2.08 bits per heavy atom. The molecule has 0 saturated carbocycles. The van der Waals surface area contributed by atoms with Crippen molar-refractivity contribution in [2.24, 2.45) is 0 Å². The van der Waals surface area contributed by atoms with Gasteiger partial charge >= 0.3 is 5.97 Å². The number of ether oxygens (including phenoxy) is 1. The van der Waals surface area contributed by atoms with E-state index in [4.69, 9.17) is 4.74 Å². The summed E-state index contributed by atoms with van der Waals surface area (Å²) in [4.78, 5) is 28.4. The molecular formula is C18H19N3O3. The average molecular weight is 325 g/mol. The van der Waals surface area contributed by atoms with E-state index in [0.29, 0.717) is 29.0 Å². The van der Waals surface area contributed by atoms with E-state index in [1.807, 2.05) is 0 Å². The molecular weight excluding hydrogens is 306 g/mol. The lowest BCUT2D eigenvalue weighted by atomic mass is 10.1. The molecule has 0 aliphatic carbocycles. The van der Waals surface area contributed by atoms with Gasteiger partial charge in [0, 0.05) is 18.9 Å². The number of nitrogens with one attached hydrogen (secondary N) is 2. The first-order valence-corrected chi connectivity index (χ1v) is 7.53. The Hall–Kier alpha value is -3.15. The Balaban J connectivity index is 2.18. The van der Waals surface area contributed by atoms with Gasteiger partial charge in [-0.05, 0) is 25.1 Å². The molecule has 1 heterocycles. The van der Waals surface area contributed by atoms with Crippen LogP contribution in [0.25, 0.3) is 0 Å². The number of benzene rings is 1. The minimum Gasteiger partial charge on any atom is -0.462 e. The summed E-state index contributed by atoms with van der Waals surface area (Å²) in [6, 6.07) is 8.38. The van der Waals surface area contributed by atoms with E-state index in [9.17, 15) is 9.59 Å². The number of nitrogens with zero attached hydrogens (tertiary/aromatic N) is 1. The smallest absolute Gasteiger partial charge is 0.340 e. The summed E-state index contributed by atoms with van der Waals surface area (Å²) in [5.41, 5.74) is 1.79. The third kappa shape index (κ3) is 4.42. The Labute approximate surface area is 140 Å². The summed E-state index contributed by atoms with van der Waals surface area (Å²) in [5, 5.41) is 5.79. The maximum Gasteiger partial charge on any atom is 0.340 e. The van der Waals surface area contributed by atoms with Gasteiger partial charge in [-0.25, -0.2) is 4.79 Å². The lowest BCUT2D eigenvalue weighted by molar-refractivity contribution is 0.0527. The highest BCUT2D eigenvalue weighted by Gasteiger charge is 2.15. The van der Waals surface area contributed by atoms with Crippen LogP contribution in [-0.4, -0.2) is 30.0 Å². The topological polar surface area (TPSA) is 80.3 Å². The maximum absolute atomic E-state index is 12.4. The number of anilines is 2. The Kier molecular flexibility index (Phi) is 6.08. The number of carbonyl (C=O) groups excluding carboxylic acids is 2. The largest absolute Gasteiger partial charge is 0.462 e. The van der Waals surface area contributed by atoms with E-state index in [1.54, 1.807) is 49.5 Å². The number of amides is 1. The van der Waals surface area contributed by atoms with E-state index < -0.39 is 5.97 Å². The number of rotatable bonds is 7. The van der Waals surface area contributed by atoms with Crippen LogP contribution in [0.3, 0.4) is 0 Å². The summed E-state index contributed by atoms with van der Waals surface area (Å²) >= 11 is 0. The van der Waals surface area contributed by atoms with Crippen molar-refractivity contribution in [1.29, 1.82) is 0 Å². The van der Waals surface area contributed by atoms with Crippen LogP contribution in [0, 0.1) is 0 Å².